The van der Waals surface area contributed by atoms with Crippen molar-refractivity contribution in [3.8, 4) is 0 Å². The number of carboxylic acids is 1. The van der Waals surface area contributed by atoms with Gasteiger partial charge in [0.25, 0.3) is 0 Å². The molecule has 5 nitrogen and oxygen atoms in total. The first-order valence-electron chi connectivity index (χ1n) is 6.40. The third-order valence-electron chi connectivity index (χ3n) is 3.80. The van der Waals surface area contributed by atoms with E-state index in [0.29, 0.717) is 12.8 Å². The van der Waals surface area contributed by atoms with Gasteiger partial charge in [0.1, 0.15) is 0 Å². The van der Waals surface area contributed by atoms with Crippen LogP contribution in [0.1, 0.15) is 32.1 Å². The van der Waals surface area contributed by atoms with E-state index in [1.54, 1.807) is 0 Å². The standard InChI is InChI=1S/C12H20N2O3/c15-11(9-2-1-5-13-7-9)14-10-4-3-8(6-10)12(16)17/h8-10,13H,1-7H2,(H,14,15)(H,16,17)/t8-,9-,10+/m1/s1. The summed E-state index contributed by atoms with van der Waals surface area (Å²) in [6, 6.07) is 0.0607. The molecule has 1 saturated carbocycles. The quantitative estimate of drug-likeness (QED) is 0.665. The van der Waals surface area contributed by atoms with E-state index in [0.717, 1.165) is 32.4 Å². The predicted molar refractivity (Wildman–Crippen MR) is 62.5 cm³/mol. The molecule has 1 aliphatic heterocycles. The van der Waals surface area contributed by atoms with Crippen LogP contribution in [-0.2, 0) is 9.59 Å². The van der Waals surface area contributed by atoms with Crippen molar-refractivity contribution in [2.45, 2.75) is 38.1 Å². The highest BCUT2D eigenvalue weighted by atomic mass is 16.4. The summed E-state index contributed by atoms with van der Waals surface area (Å²) < 4.78 is 0. The minimum Gasteiger partial charge on any atom is -0.481 e. The number of hydrogen-bond donors (Lipinski definition) is 3. The molecular formula is C12H20N2O3. The highest BCUT2D eigenvalue weighted by Gasteiger charge is 2.32. The molecule has 0 bridgehead atoms. The zero-order valence-electron chi connectivity index (χ0n) is 9.95. The van der Waals surface area contributed by atoms with Gasteiger partial charge in [-0.25, -0.2) is 0 Å². The Morgan fingerprint density at radius 1 is 1.18 bits per heavy atom. The monoisotopic (exact) mass is 240 g/mol. The Morgan fingerprint density at radius 2 is 2.00 bits per heavy atom. The second-order valence-corrected chi connectivity index (χ2v) is 5.10. The number of nitrogens with one attached hydrogen (secondary N) is 2. The molecule has 1 saturated heterocycles. The maximum absolute atomic E-state index is 11.9. The molecule has 3 N–H and O–H groups in total. The van der Waals surface area contributed by atoms with Crippen molar-refractivity contribution in [1.29, 1.82) is 0 Å². The Morgan fingerprint density at radius 3 is 2.59 bits per heavy atom. The minimum absolute atomic E-state index is 0.0607. The first-order chi connectivity index (χ1) is 8.16. The zero-order chi connectivity index (χ0) is 12.3. The number of amides is 1. The number of carbonyl (C=O) groups excluding carboxylic acids is 1. The van der Waals surface area contributed by atoms with Gasteiger partial charge in [-0.1, -0.05) is 0 Å². The summed E-state index contributed by atoms with van der Waals surface area (Å²) in [6.45, 7) is 1.75. The van der Waals surface area contributed by atoms with Crippen LogP contribution in [0.25, 0.3) is 0 Å². The van der Waals surface area contributed by atoms with Crippen LogP contribution in [0.3, 0.4) is 0 Å². The Kier molecular flexibility index (Phi) is 3.99. The van der Waals surface area contributed by atoms with Gasteiger partial charge < -0.3 is 15.7 Å². The number of hydrogen-bond acceptors (Lipinski definition) is 3. The number of carbonyl (C=O) groups is 2. The fraction of sp³-hybridized carbons (Fsp3) is 0.833. The Balaban J connectivity index is 1.77. The highest BCUT2D eigenvalue weighted by molar-refractivity contribution is 5.79. The molecule has 1 amide bonds. The summed E-state index contributed by atoms with van der Waals surface area (Å²) in [5.74, 6) is -0.855. The molecule has 1 aliphatic carbocycles. The van der Waals surface area contributed by atoms with Gasteiger partial charge in [0.05, 0.1) is 11.8 Å². The Hall–Kier alpha value is -1.10. The summed E-state index contributed by atoms with van der Waals surface area (Å²) in [4.78, 5) is 22.7. The van der Waals surface area contributed by atoms with Crippen molar-refractivity contribution < 1.29 is 14.7 Å². The van der Waals surface area contributed by atoms with Crippen molar-refractivity contribution in [3.05, 3.63) is 0 Å². The number of aliphatic carboxylic acids is 1. The van der Waals surface area contributed by atoms with Crippen molar-refractivity contribution in [3.63, 3.8) is 0 Å². The van der Waals surface area contributed by atoms with Gasteiger partial charge in [0.2, 0.25) is 5.91 Å². The van der Waals surface area contributed by atoms with E-state index in [2.05, 4.69) is 10.6 Å². The SMILES string of the molecule is O=C(O)[C@@H]1CC[C@H](NC(=O)[C@@H]2CCCNC2)C1. The molecule has 0 aromatic heterocycles. The lowest BCUT2D eigenvalue weighted by molar-refractivity contribution is -0.141. The van der Waals surface area contributed by atoms with Crippen LogP contribution in [0, 0.1) is 11.8 Å². The van der Waals surface area contributed by atoms with Crippen LogP contribution >= 0.6 is 0 Å². The molecule has 0 unspecified atom stereocenters. The minimum atomic E-state index is -0.735. The lowest BCUT2D eigenvalue weighted by atomic mass is 9.98. The lowest BCUT2D eigenvalue weighted by Crippen LogP contribution is -2.43. The summed E-state index contributed by atoms with van der Waals surface area (Å²) >= 11 is 0. The molecule has 5 heteroatoms. The van der Waals surface area contributed by atoms with Crippen LogP contribution in [0.2, 0.25) is 0 Å². The van der Waals surface area contributed by atoms with Crippen LogP contribution in [0.4, 0.5) is 0 Å². The summed E-state index contributed by atoms with van der Waals surface area (Å²) in [6.07, 6.45) is 4.04. The molecule has 0 aromatic carbocycles. The van der Waals surface area contributed by atoms with Gasteiger partial charge in [-0.2, -0.15) is 0 Å². The van der Waals surface area contributed by atoms with Crippen LogP contribution in [0.15, 0.2) is 0 Å². The first kappa shape index (κ1) is 12.4. The third-order valence-corrected chi connectivity index (χ3v) is 3.80. The molecule has 0 radical (unpaired) electrons. The third kappa shape index (κ3) is 3.19. The first-order valence-corrected chi connectivity index (χ1v) is 6.40. The molecule has 0 spiro atoms. The molecular weight excluding hydrogens is 220 g/mol. The Bertz CT molecular complexity index is 300. The van der Waals surface area contributed by atoms with Gasteiger partial charge in [-0.05, 0) is 38.6 Å². The fourth-order valence-electron chi connectivity index (χ4n) is 2.73. The van der Waals surface area contributed by atoms with E-state index in [1.165, 1.54) is 0 Å². The maximum Gasteiger partial charge on any atom is 0.306 e. The molecule has 1 heterocycles. The summed E-state index contributed by atoms with van der Waals surface area (Å²) in [7, 11) is 0. The van der Waals surface area contributed by atoms with Gasteiger partial charge in [-0.15, -0.1) is 0 Å². The van der Waals surface area contributed by atoms with Gasteiger partial charge in [-0.3, -0.25) is 9.59 Å². The van der Waals surface area contributed by atoms with Crippen LogP contribution < -0.4 is 10.6 Å². The molecule has 0 aromatic rings. The van der Waals surface area contributed by atoms with E-state index < -0.39 is 5.97 Å². The molecule has 2 aliphatic rings. The van der Waals surface area contributed by atoms with Crippen LogP contribution in [-0.4, -0.2) is 36.1 Å². The summed E-state index contributed by atoms with van der Waals surface area (Å²) in [5, 5.41) is 15.1. The second kappa shape index (κ2) is 5.49. The van der Waals surface area contributed by atoms with Crippen LogP contribution in [0.5, 0.6) is 0 Å². The molecule has 17 heavy (non-hydrogen) atoms. The van der Waals surface area contributed by atoms with Crippen molar-refractivity contribution in [2.24, 2.45) is 11.8 Å². The van der Waals surface area contributed by atoms with E-state index in [1.807, 2.05) is 0 Å². The van der Waals surface area contributed by atoms with Crippen molar-refractivity contribution >= 4 is 11.9 Å². The van der Waals surface area contributed by atoms with E-state index >= 15 is 0 Å². The average Bonchev–Trinajstić information content (AvgIpc) is 2.79. The topological polar surface area (TPSA) is 78.4 Å². The van der Waals surface area contributed by atoms with Gasteiger partial charge >= 0.3 is 5.97 Å². The van der Waals surface area contributed by atoms with E-state index in [9.17, 15) is 9.59 Å². The normalized spacial score (nSPS) is 33.3. The smallest absolute Gasteiger partial charge is 0.306 e. The van der Waals surface area contributed by atoms with Gasteiger partial charge in [0.15, 0.2) is 0 Å². The second-order valence-electron chi connectivity index (χ2n) is 5.10. The number of piperidine rings is 1. The molecule has 2 fully saturated rings. The number of rotatable bonds is 3. The molecule has 3 atom stereocenters. The molecule has 96 valence electrons. The van der Waals surface area contributed by atoms with E-state index in [4.69, 9.17) is 5.11 Å². The lowest BCUT2D eigenvalue weighted by Gasteiger charge is -2.23. The van der Waals surface area contributed by atoms with E-state index in [-0.39, 0.29) is 23.8 Å². The maximum atomic E-state index is 11.9. The Labute approximate surface area is 101 Å². The predicted octanol–water partition coefficient (Wildman–Crippen LogP) is 0.355. The van der Waals surface area contributed by atoms with Crippen molar-refractivity contribution in [2.75, 3.05) is 13.1 Å². The highest BCUT2D eigenvalue weighted by Crippen LogP contribution is 2.26. The summed E-state index contributed by atoms with van der Waals surface area (Å²) in [5.41, 5.74) is 0. The number of carboxylic acid groups (broad SMARTS) is 1. The fourth-order valence-corrected chi connectivity index (χ4v) is 2.73. The van der Waals surface area contributed by atoms with Gasteiger partial charge in [0, 0.05) is 12.6 Å². The zero-order valence-corrected chi connectivity index (χ0v) is 9.95. The average molecular weight is 240 g/mol. The van der Waals surface area contributed by atoms with Crippen molar-refractivity contribution in [1.82, 2.24) is 10.6 Å². The largest absolute Gasteiger partial charge is 0.481 e. The molecule has 2 rings (SSSR count).